The van der Waals surface area contributed by atoms with Crippen molar-refractivity contribution in [3.8, 4) is 6.07 Å². The lowest BCUT2D eigenvalue weighted by Gasteiger charge is -2.41. The van der Waals surface area contributed by atoms with E-state index in [-0.39, 0.29) is 4.90 Å². The van der Waals surface area contributed by atoms with Gasteiger partial charge in [-0.05, 0) is 31.4 Å². The number of benzene rings is 1. The molecular weight excluding hydrogens is 236 g/mol. The molecule has 1 aromatic rings. The summed E-state index contributed by atoms with van der Waals surface area (Å²) in [4.78, 5) is 0.240. The number of rotatable bonds is 3. The van der Waals surface area contributed by atoms with Gasteiger partial charge in [-0.3, -0.25) is 0 Å². The van der Waals surface area contributed by atoms with Gasteiger partial charge in [0.05, 0.1) is 11.0 Å². The molecule has 1 saturated carbocycles. The highest BCUT2D eigenvalue weighted by molar-refractivity contribution is 7.89. The molecule has 0 heterocycles. The fraction of sp³-hybridized carbons (Fsp3) is 0.417. The van der Waals surface area contributed by atoms with Gasteiger partial charge in [0.2, 0.25) is 10.0 Å². The molecule has 0 atom stereocenters. The van der Waals surface area contributed by atoms with Crippen molar-refractivity contribution in [3.05, 3.63) is 30.3 Å². The average Bonchev–Trinajstić information content (AvgIpc) is 2.29. The minimum atomic E-state index is -3.56. The first kappa shape index (κ1) is 12.1. The zero-order chi connectivity index (χ0) is 12.5. The van der Waals surface area contributed by atoms with Crippen molar-refractivity contribution in [1.29, 1.82) is 5.26 Å². The van der Waals surface area contributed by atoms with Gasteiger partial charge in [-0.1, -0.05) is 18.2 Å². The highest BCUT2D eigenvalue weighted by Gasteiger charge is 2.46. The van der Waals surface area contributed by atoms with Crippen LogP contribution < -0.4 is 0 Å². The molecule has 0 amide bonds. The first-order valence-electron chi connectivity index (χ1n) is 5.48. The zero-order valence-electron chi connectivity index (χ0n) is 9.63. The Kier molecular flexibility index (Phi) is 2.94. The van der Waals surface area contributed by atoms with Crippen LogP contribution in [0.2, 0.25) is 0 Å². The lowest BCUT2D eigenvalue weighted by atomic mass is 9.78. The molecule has 0 spiro atoms. The third-order valence-corrected chi connectivity index (χ3v) is 5.33. The normalized spacial score (nSPS) is 18.4. The van der Waals surface area contributed by atoms with Gasteiger partial charge in [0.1, 0.15) is 5.54 Å². The molecule has 1 aromatic carbocycles. The second-order valence-electron chi connectivity index (χ2n) is 4.28. The van der Waals surface area contributed by atoms with Crippen LogP contribution in [0.5, 0.6) is 0 Å². The largest absolute Gasteiger partial charge is 0.244 e. The zero-order valence-corrected chi connectivity index (χ0v) is 10.4. The third-order valence-electron chi connectivity index (χ3n) is 3.39. The van der Waals surface area contributed by atoms with E-state index in [1.807, 2.05) is 0 Å². The number of hydrogen-bond donors (Lipinski definition) is 0. The molecular formula is C12H14N2O2S. The lowest BCUT2D eigenvalue weighted by molar-refractivity contribution is 0.171. The van der Waals surface area contributed by atoms with E-state index in [4.69, 9.17) is 5.26 Å². The van der Waals surface area contributed by atoms with Gasteiger partial charge < -0.3 is 0 Å². The van der Waals surface area contributed by atoms with Gasteiger partial charge in [-0.15, -0.1) is 0 Å². The van der Waals surface area contributed by atoms with Gasteiger partial charge >= 0.3 is 0 Å². The smallest absolute Gasteiger partial charge is 0.207 e. The molecule has 1 aliphatic rings. The summed E-state index contributed by atoms with van der Waals surface area (Å²) in [6, 6.07) is 10.4. The number of nitriles is 1. The van der Waals surface area contributed by atoms with Crippen LogP contribution >= 0.6 is 0 Å². The molecule has 90 valence electrons. The molecule has 0 bridgehead atoms. The van der Waals surface area contributed by atoms with E-state index in [0.717, 1.165) is 6.42 Å². The Morgan fingerprint density at radius 2 is 1.88 bits per heavy atom. The summed E-state index contributed by atoms with van der Waals surface area (Å²) in [6.45, 7) is 0. The van der Waals surface area contributed by atoms with Gasteiger partial charge in [-0.25, -0.2) is 8.42 Å². The molecule has 0 radical (unpaired) electrons. The van der Waals surface area contributed by atoms with Crippen LogP contribution in [0.25, 0.3) is 0 Å². The van der Waals surface area contributed by atoms with Crippen molar-refractivity contribution >= 4 is 10.0 Å². The molecule has 0 N–H and O–H groups in total. The van der Waals surface area contributed by atoms with Crippen LogP contribution in [-0.2, 0) is 10.0 Å². The predicted octanol–water partition coefficient (Wildman–Crippen LogP) is 1.75. The Morgan fingerprint density at radius 1 is 1.29 bits per heavy atom. The summed E-state index contributed by atoms with van der Waals surface area (Å²) in [5, 5.41) is 9.16. The summed E-state index contributed by atoms with van der Waals surface area (Å²) >= 11 is 0. The van der Waals surface area contributed by atoms with E-state index in [1.165, 1.54) is 11.4 Å². The van der Waals surface area contributed by atoms with Crippen molar-refractivity contribution in [3.63, 3.8) is 0 Å². The van der Waals surface area contributed by atoms with E-state index in [0.29, 0.717) is 12.8 Å². The maximum Gasteiger partial charge on any atom is 0.244 e. The van der Waals surface area contributed by atoms with Crippen molar-refractivity contribution in [2.45, 2.75) is 29.7 Å². The lowest BCUT2D eigenvalue weighted by Crippen LogP contribution is -2.53. The Hall–Kier alpha value is -1.38. The Morgan fingerprint density at radius 3 is 2.29 bits per heavy atom. The van der Waals surface area contributed by atoms with Crippen LogP contribution in [0.3, 0.4) is 0 Å². The Bertz CT molecular complexity index is 542. The van der Waals surface area contributed by atoms with Gasteiger partial charge in [0, 0.05) is 7.05 Å². The van der Waals surface area contributed by atoms with Gasteiger partial charge in [0.25, 0.3) is 0 Å². The monoisotopic (exact) mass is 250 g/mol. The molecule has 1 fully saturated rings. The van der Waals surface area contributed by atoms with E-state index >= 15 is 0 Å². The quantitative estimate of drug-likeness (QED) is 0.821. The van der Waals surface area contributed by atoms with E-state index < -0.39 is 15.6 Å². The van der Waals surface area contributed by atoms with Crippen LogP contribution in [-0.4, -0.2) is 25.3 Å². The van der Waals surface area contributed by atoms with Crippen LogP contribution in [0.1, 0.15) is 19.3 Å². The number of sulfonamides is 1. The minimum absolute atomic E-state index is 0.240. The van der Waals surface area contributed by atoms with Crippen molar-refractivity contribution in [2.75, 3.05) is 7.05 Å². The topological polar surface area (TPSA) is 61.2 Å². The van der Waals surface area contributed by atoms with E-state index in [1.54, 1.807) is 30.3 Å². The molecule has 0 aliphatic heterocycles. The third kappa shape index (κ3) is 1.84. The molecule has 0 aromatic heterocycles. The Labute approximate surface area is 102 Å². The fourth-order valence-electron chi connectivity index (χ4n) is 1.99. The van der Waals surface area contributed by atoms with Crippen LogP contribution in [0.15, 0.2) is 35.2 Å². The van der Waals surface area contributed by atoms with E-state index in [2.05, 4.69) is 6.07 Å². The predicted molar refractivity (Wildman–Crippen MR) is 63.6 cm³/mol. The van der Waals surface area contributed by atoms with Gasteiger partial charge in [-0.2, -0.15) is 9.57 Å². The SMILES string of the molecule is CN(C1(C#N)CCC1)S(=O)(=O)c1ccccc1. The number of hydrogen-bond acceptors (Lipinski definition) is 3. The molecule has 5 heteroatoms. The summed E-state index contributed by atoms with van der Waals surface area (Å²) in [5.41, 5.74) is -0.839. The summed E-state index contributed by atoms with van der Waals surface area (Å²) < 4.78 is 25.8. The Balaban J connectivity index is 2.38. The maximum absolute atomic E-state index is 12.3. The average molecular weight is 250 g/mol. The number of nitrogens with zero attached hydrogens (tertiary/aromatic N) is 2. The second-order valence-corrected chi connectivity index (χ2v) is 6.25. The highest BCUT2D eigenvalue weighted by Crippen LogP contribution is 2.39. The fourth-order valence-corrected chi connectivity index (χ4v) is 3.49. The van der Waals surface area contributed by atoms with Crippen LogP contribution in [0, 0.1) is 11.3 Å². The first-order chi connectivity index (χ1) is 8.03. The summed E-state index contributed by atoms with van der Waals surface area (Å²) in [5.74, 6) is 0. The van der Waals surface area contributed by atoms with Crippen molar-refractivity contribution in [1.82, 2.24) is 4.31 Å². The molecule has 2 rings (SSSR count). The summed E-state index contributed by atoms with van der Waals surface area (Å²) in [6.07, 6.45) is 2.14. The molecule has 4 nitrogen and oxygen atoms in total. The standard InChI is InChI=1S/C12H14N2O2S/c1-14(12(10-13)8-5-9-12)17(15,16)11-6-3-2-4-7-11/h2-4,6-7H,5,8-9H2,1H3. The highest BCUT2D eigenvalue weighted by atomic mass is 32.2. The molecule has 0 unspecified atom stereocenters. The first-order valence-corrected chi connectivity index (χ1v) is 6.92. The van der Waals surface area contributed by atoms with Crippen molar-refractivity contribution < 1.29 is 8.42 Å². The van der Waals surface area contributed by atoms with Crippen molar-refractivity contribution in [2.24, 2.45) is 0 Å². The molecule has 1 aliphatic carbocycles. The van der Waals surface area contributed by atoms with E-state index in [9.17, 15) is 8.42 Å². The maximum atomic E-state index is 12.3. The van der Waals surface area contributed by atoms with Gasteiger partial charge in [0.15, 0.2) is 0 Å². The van der Waals surface area contributed by atoms with Crippen LogP contribution in [0.4, 0.5) is 0 Å². The summed E-state index contributed by atoms with van der Waals surface area (Å²) in [7, 11) is -2.07. The molecule has 0 saturated heterocycles. The molecule has 17 heavy (non-hydrogen) atoms. The second kappa shape index (κ2) is 4.13. The minimum Gasteiger partial charge on any atom is -0.207 e.